The highest BCUT2D eigenvalue weighted by Crippen LogP contribution is 2.24. The summed E-state index contributed by atoms with van der Waals surface area (Å²) in [6, 6.07) is 15.8. The van der Waals surface area contributed by atoms with Gasteiger partial charge in [-0.2, -0.15) is 0 Å². The largest absolute Gasteiger partial charge is 0.508 e. The maximum atomic E-state index is 9.64. The molecule has 0 spiro atoms. The number of hydrogen-bond donors (Lipinski definition) is 3. The van der Waals surface area contributed by atoms with Crippen molar-refractivity contribution in [3.8, 4) is 11.5 Å². The lowest BCUT2D eigenvalue weighted by Gasteiger charge is -2.34. The summed E-state index contributed by atoms with van der Waals surface area (Å²) in [6.45, 7) is 7.53. The van der Waals surface area contributed by atoms with Crippen LogP contribution in [-0.4, -0.2) is 69.0 Å². The van der Waals surface area contributed by atoms with E-state index in [-0.39, 0.29) is 30.0 Å². The summed E-state index contributed by atoms with van der Waals surface area (Å²) in [7, 11) is 1.68. The SMILES string of the molecule is CCNC(=NCC(c1ccc(OC)cc1)N1CCOCC1)NCCc1cccc(O)c1.I. The maximum Gasteiger partial charge on any atom is 0.191 e. The van der Waals surface area contributed by atoms with Crippen LogP contribution >= 0.6 is 24.0 Å². The van der Waals surface area contributed by atoms with Crippen molar-refractivity contribution in [3.63, 3.8) is 0 Å². The fraction of sp³-hybridized carbons (Fsp3) is 0.458. The highest BCUT2D eigenvalue weighted by atomic mass is 127. The van der Waals surface area contributed by atoms with Crippen LogP contribution in [0.2, 0.25) is 0 Å². The van der Waals surface area contributed by atoms with Crippen LogP contribution in [0.15, 0.2) is 53.5 Å². The Bertz CT molecular complexity index is 826. The molecule has 32 heavy (non-hydrogen) atoms. The topological polar surface area (TPSA) is 78.4 Å². The fourth-order valence-electron chi connectivity index (χ4n) is 3.70. The van der Waals surface area contributed by atoms with Gasteiger partial charge in [-0.25, -0.2) is 0 Å². The Balaban J connectivity index is 0.00000363. The fourth-order valence-corrected chi connectivity index (χ4v) is 3.70. The number of methoxy groups -OCH3 is 1. The molecule has 8 heteroatoms. The maximum absolute atomic E-state index is 9.64. The summed E-state index contributed by atoms with van der Waals surface area (Å²) in [5.41, 5.74) is 2.31. The van der Waals surface area contributed by atoms with E-state index >= 15 is 0 Å². The number of aromatic hydroxyl groups is 1. The second kappa shape index (κ2) is 14.2. The molecule has 1 saturated heterocycles. The van der Waals surface area contributed by atoms with E-state index < -0.39 is 0 Å². The molecule has 176 valence electrons. The third-order valence-electron chi connectivity index (χ3n) is 5.37. The summed E-state index contributed by atoms with van der Waals surface area (Å²) in [5.74, 6) is 1.95. The molecule has 1 heterocycles. The number of guanidine groups is 1. The minimum Gasteiger partial charge on any atom is -0.508 e. The number of halogens is 1. The summed E-state index contributed by atoms with van der Waals surface area (Å²) < 4.78 is 10.9. The van der Waals surface area contributed by atoms with E-state index in [9.17, 15) is 5.11 Å². The predicted octanol–water partition coefficient (Wildman–Crippen LogP) is 3.19. The molecule has 7 nitrogen and oxygen atoms in total. The molecule has 2 aromatic rings. The molecule has 0 amide bonds. The summed E-state index contributed by atoms with van der Waals surface area (Å²) in [6.07, 6.45) is 0.810. The first-order chi connectivity index (χ1) is 15.2. The minimum absolute atomic E-state index is 0. The highest BCUT2D eigenvalue weighted by Gasteiger charge is 2.22. The summed E-state index contributed by atoms with van der Waals surface area (Å²) in [4.78, 5) is 7.32. The quantitative estimate of drug-likeness (QED) is 0.251. The van der Waals surface area contributed by atoms with Crippen molar-refractivity contribution in [1.82, 2.24) is 15.5 Å². The Morgan fingerprint density at radius 1 is 1.16 bits per heavy atom. The van der Waals surface area contributed by atoms with Crippen molar-refractivity contribution in [3.05, 3.63) is 59.7 Å². The second-order valence-corrected chi connectivity index (χ2v) is 7.50. The molecule has 2 aromatic carbocycles. The number of phenolic OH excluding ortho intramolecular Hbond substituents is 1. The van der Waals surface area contributed by atoms with Crippen molar-refractivity contribution in [2.45, 2.75) is 19.4 Å². The van der Waals surface area contributed by atoms with Gasteiger partial charge in [0.25, 0.3) is 0 Å². The number of phenols is 1. The highest BCUT2D eigenvalue weighted by molar-refractivity contribution is 14.0. The normalized spacial score (nSPS) is 15.5. The van der Waals surface area contributed by atoms with E-state index in [1.807, 2.05) is 24.3 Å². The molecule has 1 unspecified atom stereocenters. The van der Waals surface area contributed by atoms with E-state index in [0.29, 0.717) is 12.3 Å². The van der Waals surface area contributed by atoms with Crippen LogP contribution in [-0.2, 0) is 11.2 Å². The molecule has 0 saturated carbocycles. The van der Waals surface area contributed by atoms with Crippen LogP contribution in [0.5, 0.6) is 11.5 Å². The number of nitrogens with one attached hydrogen (secondary N) is 2. The number of aliphatic imine (C=N–C) groups is 1. The lowest BCUT2D eigenvalue weighted by molar-refractivity contribution is 0.0179. The molecule has 0 aliphatic carbocycles. The Kier molecular flexibility index (Phi) is 11.6. The number of benzene rings is 2. The molecular weight excluding hydrogens is 519 g/mol. The third-order valence-corrected chi connectivity index (χ3v) is 5.37. The van der Waals surface area contributed by atoms with Crippen LogP contribution in [0.1, 0.15) is 24.1 Å². The van der Waals surface area contributed by atoms with Crippen LogP contribution < -0.4 is 15.4 Å². The molecule has 3 N–H and O–H groups in total. The van der Waals surface area contributed by atoms with Crippen LogP contribution in [0, 0.1) is 0 Å². The van der Waals surface area contributed by atoms with E-state index in [1.165, 1.54) is 5.56 Å². The van der Waals surface area contributed by atoms with Crippen LogP contribution in [0.4, 0.5) is 0 Å². The number of morpholine rings is 1. The van der Waals surface area contributed by atoms with Crippen LogP contribution in [0.3, 0.4) is 0 Å². The van der Waals surface area contributed by atoms with Gasteiger partial charge in [0, 0.05) is 26.2 Å². The van der Waals surface area contributed by atoms with Crippen molar-refractivity contribution < 1.29 is 14.6 Å². The second-order valence-electron chi connectivity index (χ2n) is 7.50. The number of hydrogen-bond acceptors (Lipinski definition) is 5. The number of rotatable bonds is 9. The van der Waals surface area contributed by atoms with E-state index in [1.54, 1.807) is 19.2 Å². The predicted molar refractivity (Wildman–Crippen MR) is 139 cm³/mol. The molecular formula is C24H35IN4O3. The van der Waals surface area contributed by atoms with Gasteiger partial charge in [-0.15, -0.1) is 24.0 Å². The lowest BCUT2D eigenvalue weighted by atomic mass is 10.0. The summed E-state index contributed by atoms with van der Waals surface area (Å²) >= 11 is 0. The van der Waals surface area contributed by atoms with Gasteiger partial charge < -0.3 is 25.2 Å². The molecule has 3 rings (SSSR count). The molecule has 1 aliphatic heterocycles. The van der Waals surface area contributed by atoms with Gasteiger partial charge >= 0.3 is 0 Å². The van der Waals surface area contributed by atoms with Crippen molar-refractivity contribution >= 4 is 29.9 Å². The van der Waals surface area contributed by atoms with E-state index in [4.69, 9.17) is 14.5 Å². The van der Waals surface area contributed by atoms with Gasteiger partial charge in [-0.3, -0.25) is 9.89 Å². The van der Waals surface area contributed by atoms with Crippen LogP contribution in [0.25, 0.3) is 0 Å². The zero-order valence-electron chi connectivity index (χ0n) is 18.9. The smallest absolute Gasteiger partial charge is 0.191 e. The zero-order chi connectivity index (χ0) is 21.9. The molecule has 0 aromatic heterocycles. The first-order valence-electron chi connectivity index (χ1n) is 11.0. The van der Waals surface area contributed by atoms with Gasteiger partial charge in [0.1, 0.15) is 11.5 Å². The first-order valence-corrected chi connectivity index (χ1v) is 11.0. The Labute approximate surface area is 208 Å². The molecule has 1 aliphatic rings. The monoisotopic (exact) mass is 554 g/mol. The minimum atomic E-state index is 0. The van der Waals surface area contributed by atoms with Gasteiger partial charge in [0.2, 0.25) is 0 Å². The standard InChI is InChI=1S/C24H34N4O3.HI/c1-3-25-24(26-12-11-19-5-4-6-21(29)17-19)27-18-23(28-13-15-31-16-14-28)20-7-9-22(30-2)10-8-20;/h4-10,17,23,29H,3,11-16,18H2,1-2H3,(H2,25,26,27);1H. The zero-order valence-corrected chi connectivity index (χ0v) is 21.2. The molecule has 1 atom stereocenters. The first kappa shape index (κ1) is 26.2. The lowest BCUT2D eigenvalue weighted by Crippen LogP contribution is -2.42. The van der Waals surface area contributed by atoms with Crippen molar-refractivity contribution in [1.29, 1.82) is 0 Å². The molecule has 0 bridgehead atoms. The van der Waals surface area contributed by atoms with Crippen molar-refractivity contribution in [2.75, 3.05) is 53.0 Å². The van der Waals surface area contributed by atoms with Gasteiger partial charge in [0.15, 0.2) is 5.96 Å². The third kappa shape index (κ3) is 8.14. The average Bonchev–Trinajstić information content (AvgIpc) is 2.80. The van der Waals surface area contributed by atoms with E-state index in [0.717, 1.165) is 63.1 Å². The Morgan fingerprint density at radius 3 is 2.56 bits per heavy atom. The van der Waals surface area contributed by atoms with Gasteiger partial charge in [-0.1, -0.05) is 24.3 Å². The van der Waals surface area contributed by atoms with Crippen molar-refractivity contribution in [2.24, 2.45) is 4.99 Å². The van der Waals surface area contributed by atoms with E-state index in [2.05, 4.69) is 34.6 Å². The number of ether oxygens (including phenoxy) is 2. The van der Waals surface area contributed by atoms with Gasteiger partial charge in [-0.05, 0) is 48.7 Å². The molecule has 0 radical (unpaired) electrons. The summed E-state index contributed by atoms with van der Waals surface area (Å²) in [5, 5.41) is 16.4. The Morgan fingerprint density at radius 2 is 1.91 bits per heavy atom. The number of nitrogens with zero attached hydrogens (tertiary/aromatic N) is 2. The Hall–Kier alpha value is -2.04. The average molecular weight is 554 g/mol. The van der Waals surface area contributed by atoms with Gasteiger partial charge in [0.05, 0.1) is 32.9 Å². The molecule has 1 fully saturated rings.